The van der Waals surface area contributed by atoms with Crippen molar-refractivity contribution < 1.29 is 9.47 Å². The van der Waals surface area contributed by atoms with Crippen LogP contribution in [-0.4, -0.2) is 32.9 Å². The van der Waals surface area contributed by atoms with Crippen molar-refractivity contribution in [3.05, 3.63) is 59.7 Å². The van der Waals surface area contributed by atoms with Crippen LogP contribution in [0.1, 0.15) is 16.4 Å². The fourth-order valence-electron chi connectivity index (χ4n) is 2.75. The van der Waals surface area contributed by atoms with Gasteiger partial charge in [0.25, 0.3) is 0 Å². The van der Waals surface area contributed by atoms with Gasteiger partial charge in [-0.05, 0) is 24.6 Å². The SMILES string of the molecule is COc1ccccc1S[C@H](c1ccc(C)cc1)[C@H]1CNCCO1. The molecule has 0 aliphatic carbocycles. The van der Waals surface area contributed by atoms with Gasteiger partial charge >= 0.3 is 0 Å². The molecule has 1 fully saturated rings. The van der Waals surface area contributed by atoms with Crippen molar-refractivity contribution in [1.82, 2.24) is 5.32 Å². The number of para-hydroxylation sites is 1. The van der Waals surface area contributed by atoms with Gasteiger partial charge in [-0.3, -0.25) is 0 Å². The van der Waals surface area contributed by atoms with Gasteiger partial charge in [-0.25, -0.2) is 0 Å². The predicted octanol–water partition coefficient (Wildman–Crippen LogP) is 3.83. The van der Waals surface area contributed by atoms with Crippen LogP contribution in [-0.2, 0) is 4.74 Å². The molecule has 0 amide bonds. The van der Waals surface area contributed by atoms with Crippen LogP contribution < -0.4 is 10.1 Å². The summed E-state index contributed by atoms with van der Waals surface area (Å²) < 4.78 is 11.6. The number of hydrogen-bond acceptors (Lipinski definition) is 4. The summed E-state index contributed by atoms with van der Waals surface area (Å²) in [4.78, 5) is 1.15. The van der Waals surface area contributed by atoms with Crippen molar-refractivity contribution in [2.75, 3.05) is 26.8 Å². The van der Waals surface area contributed by atoms with E-state index in [1.165, 1.54) is 11.1 Å². The second kappa shape index (κ2) is 7.86. The van der Waals surface area contributed by atoms with Gasteiger partial charge in [0, 0.05) is 13.1 Å². The Morgan fingerprint density at radius 3 is 2.65 bits per heavy atom. The van der Waals surface area contributed by atoms with E-state index in [0.717, 1.165) is 30.3 Å². The lowest BCUT2D eigenvalue weighted by Crippen LogP contribution is -2.41. The summed E-state index contributed by atoms with van der Waals surface area (Å²) in [6.45, 7) is 4.68. The van der Waals surface area contributed by atoms with Gasteiger partial charge in [0.05, 0.1) is 30.0 Å². The highest BCUT2D eigenvalue weighted by Gasteiger charge is 2.27. The van der Waals surface area contributed by atoms with Crippen molar-refractivity contribution >= 4 is 11.8 Å². The highest BCUT2D eigenvalue weighted by Crippen LogP contribution is 2.42. The Balaban J connectivity index is 1.89. The molecule has 0 bridgehead atoms. The average molecular weight is 329 g/mol. The van der Waals surface area contributed by atoms with Gasteiger partial charge in [-0.1, -0.05) is 42.0 Å². The van der Waals surface area contributed by atoms with E-state index < -0.39 is 0 Å². The number of nitrogens with one attached hydrogen (secondary N) is 1. The van der Waals surface area contributed by atoms with Gasteiger partial charge < -0.3 is 14.8 Å². The summed E-state index contributed by atoms with van der Waals surface area (Å²) in [5.41, 5.74) is 2.57. The molecular weight excluding hydrogens is 306 g/mol. The Hall–Kier alpha value is -1.49. The molecule has 0 aromatic heterocycles. The Morgan fingerprint density at radius 2 is 1.96 bits per heavy atom. The van der Waals surface area contributed by atoms with E-state index in [-0.39, 0.29) is 11.4 Å². The summed E-state index contributed by atoms with van der Waals surface area (Å²) >= 11 is 1.82. The van der Waals surface area contributed by atoms with Crippen molar-refractivity contribution in [2.24, 2.45) is 0 Å². The van der Waals surface area contributed by atoms with Crippen molar-refractivity contribution in [1.29, 1.82) is 0 Å². The van der Waals surface area contributed by atoms with Crippen LogP contribution in [0.2, 0.25) is 0 Å². The Kier molecular flexibility index (Phi) is 5.60. The number of hydrogen-bond donors (Lipinski definition) is 1. The number of benzene rings is 2. The normalized spacial score (nSPS) is 19.3. The van der Waals surface area contributed by atoms with Gasteiger partial charge in [0.1, 0.15) is 5.75 Å². The van der Waals surface area contributed by atoms with Gasteiger partial charge in [0.15, 0.2) is 0 Å². The van der Waals surface area contributed by atoms with E-state index in [1.807, 2.05) is 23.9 Å². The topological polar surface area (TPSA) is 30.5 Å². The Labute approximate surface area is 142 Å². The number of aryl methyl sites for hydroxylation is 1. The maximum Gasteiger partial charge on any atom is 0.132 e. The first-order valence-electron chi connectivity index (χ1n) is 7.96. The van der Waals surface area contributed by atoms with E-state index in [9.17, 15) is 0 Å². The van der Waals surface area contributed by atoms with Crippen LogP contribution in [0.15, 0.2) is 53.4 Å². The quantitative estimate of drug-likeness (QED) is 0.845. The van der Waals surface area contributed by atoms with E-state index >= 15 is 0 Å². The van der Waals surface area contributed by atoms with Crippen molar-refractivity contribution in [3.63, 3.8) is 0 Å². The predicted molar refractivity (Wildman–Crippen MR) is 95.4 cm³/mol. The first-order valence-corrected chi connectivity index (χ1v) is 8.84. The third kappa shape index (κ3) is 4.08. The minimum atomic E-state index is 0.154. The highest BCUT2D eigenvalue weighted by atomic mass is 32.2. The van der Waals surface area contributed by atoms with Gasteiger partial charge in [-0.2, -0.15) is 0 Å². The van der Waals surface area contributed by atoms with Crippen LogP contribution in [0, 0.1) is 6.92 Å². The Bertz CT molecular complexity index is 624. The molecule has 1 saturated heterocycles. The van der Waals surface area contributed by atoms with Crippen molar-refractivity contribution in [3.8, 4) is 5.75 Å². The number of methoxy groups -OCH3 is 1. The van der Waals surface area contributed by atoms with E-state index in [4.69, 9.17) is 9.47 Å². The number of thioether (sulfide) groups is 1. The van der Waals surface area contributed by atoms with Crippen LogP contribution in [0.4, 0.5) is 0 Å². The fraction of sp³-hybridized carbons (Fsp3) is 0.368. The summed E-state index contributed by atoms with van der Waals surface area (Å²) in [6.07, 6.45) is 0.154. The largest absolute Gasteiger partial charge is 0.496 e. The third-order valence-electron chi connectivity index (χ3n) is 4.02. The zero-order valence-electron chi connectivity index (χ0n) is 13.6. The molecule has 1 aliphatic heterocycles. The zero-order chi connectivity index (χ0) is 16.1. The summed E-state index contributed by atoms with van der Waals surface area (Å²) in [5.74, 6) is 0.915. The molecule has 3 rings (SSSR count). The maximum absolute atomic E-state index is 6.05. The monoisotopic (exact) mass is 329 g/mol. The summed E-state index contributed by atoms with van der Waals surface area (Å²) in [6, 6.07) is 16.9. The lowest BCUT2D eigenvalue weighted by Gasteiger charge is -2.31. The first-order chi connectivity index (χ1) is 11.3. The molecule has 0 spiro atoms. The second-order valence-corrected chi connectivity index (χ2v) is 6.90. The molecule has 1 N–H and O–H groups in total. The van der Waals surface area contributed by atoms with Crippen LogP contribution in [0.3, 0.4) is 0 Å². The van der Waals surface area contributed by atoms with Crippen LogP contribution in [0.25, 0.3) is 0 Å². The standard InChI is InChI=1S/C19H23NO2S/c1-14-7-9-15(10-8-14)19(17-13-20-11-12-22-17)23-18-6-4-3-5-16(18)21-2/h3-10,17,19-20H,11-13H2,1-2H3/t17-,19-/m1/s1. The molecule has 122 valence electrons. The fourth-order valence-corrected chi connectivity index (χ4v) is 4.07. The molecule has 2 aromatic carbocycles. The molecule has 23 heavy (non-hydrogen) atoms. The summed E-state index contributed by atoms with van der Waals surface area (Å²) in [5, 5.41) is 3.68. The lowest BCUT2D eigenvalue weighted by atomic mass is 10.0. The van der Waals surface area contributed by atoms with E-state index in [1.54, 1.807) is 7.11 Å². The highest BCUT2D eigenvalue weighted by molar-refractivity contribution is 7.99. The van der Waals surface area contributed by atoms with Gasteiger partial charge in [-0.15, -0.1) is 11.8 Å². The molecule has 3 nitrogen and oxygen atoms in total. The average Bonchev–Trinajstić information content (AvgIpc) is 2.61. The minimum absolute atomic E-state index is 0.154. The summed E-state index contributed by atoms with van der Waals surface area (Å²) in [7, 11) is 1.72. The van der Waals surface area contributed by atoms with Gasteiger partial charge in [0.2, 0.25) is 0 Å². The molecule has 1 heterocycles. The molecule has 2 aromatic rings. The molecule has 0 saturated carbocycles. The number of morpholine rings is 1. The van der Waals surface area contributed by atoms with Crippen LogP contribution >= 0.6 is 11.8 Å². The zero-order valence-corrected chi connectivity index (χ0v) is 14.4. The first kappa shape index (κ1) is 16.4. The molecule has 1 aliphatic rings. The molecule has 2 atom stereocenters. The number of rotatable bonds is 5. The second-order valence-electron chi connectivity index (χ2n) is 5.71. The van der Waals surface area contributed by atoms with E-state index in [2.05, 4.69) is 48.6 Å². The molecule has 4 heteroatoms. The van der Waals surface area contributed by atoms with Crippen molar-refractivity contribution in [2.45, 2.75) is 23.2 Å². The van der Waals surface area contributed by atoms with E-state index in [0.29, 0.717) is 0 Å². The molecular formula is C19H23NO2S. The maximum atomic E-state index is 6.05. The Morgan fingerprint density at radius 1 is 1.17 bits per heavy atom. The molecule has 0 unspecified atom stereocenters. The third-order valence-corrected chi connectivity index (χ3v) is 5.44. The number of ether oxygens (including phenoxy) is 2. The van der Waals surface area contributed by atoms with Crippen LogP contribution in [0.5, 0.6) is 5.75 Å². The molecule has 0 radical (unpaired) electrons. The smallest absolute Gasteiger partial charge is 0.132 e. The lowest BCUT2D eigenvalue weighted by molar-refractivity contribution is 0.0273. The minimum Gasteiger partial charge on any atom is -0.496 e.